The smallest absolute Gasteiger partial charge is 0.368 e. The Labute approximate surface area is 229 Å². The van der Waals surface area contributed by atoms with Gasteiger partial charge in [0.05, 0.1) is 24.4 Å². The largest absolute Gasteiger partial charge is 0.393 e. The number of piperazine rings is 1. The number of carbonyl (C=O) groups is 2. The molecule has 0 saturated carbocycles. The maximum atomic E-state index is 13.0. The number of amidine groups is 1. The van der Waals surface area contributed by atoms with Crippen molar-refractivity contribution in [3.63, 3.8) is 0 Å². The molecule has 0 spiro atoms. The van der Waals surface area contributed by atoms with E-state index in [-0.39, 0.29) is 35.1 Å². The minimum Gasteiger partial charge on any atom is -0.368 e. The number of primary amides is 1. The van der Waals surface area contributed by atoms with Crippen LogP contribution in [0.5, 0.6) is 0 Å². The molecule has 9 nitrogen and oxygen atoms in total. The predicted octanol–water partition coefficient (Wildman–Crippen LogP) is 2.58. The van der Waals surface area contributed by atoms with Crippen LogP contribution in [0.15, 0.2) is 39.2 Å². The molecule has 2 amide bonds. The van der Waals surface area contributed by atoms with Crippen LogP contribution in [0, 0.1) is 5.92 Å². The number of carbonyl (C=O) groups excluding carboxylic acids is 2. The van der Waals surface area contributed by atoms with E-state index in [2.05, 4.69) is 9.98 Å². The monoisotopic (exact) mass is 590 g/mol. The summed E-state index contributed by atoms with van der Waals surface area (Å²) in [5, 5.41) is -0.0508. The second-order valence-electron chi connectivity index (χ2n) is 8.96. The third-order valence-corrected chi connectivity index (χ3v) is 8.81. The fourth-order valence-corrected chi connectivity index (χ4v) is 6.68. The summed E-state index contributed by atoms with van der Waals surface area (Å²) in [4.78, 5) is 36.9. The van der Waals surface area contributed by atoms with Gasteiger partial charge in [0.2, 0.25) is 11.8 Å². The summed E-state index contributed by atoms with van der Waals surface area (Å²) in [6, 6.07) is 4.84. The van der Waals surface area contributed by atoms with Crippen molar-refractivity contribution in [3.8, 4) is 0 Å². The third-order valence-electron chi connectivity index (χ3n) is 6.25. The molecular weight excluding hydrogens is 565 g/mol. The Morgan fingerprint density at radius 2 is 1.97 bits per heavy atom. The van der Waals surface area contributed by atoms with Gasteiger partial charge in [0.1, 0.15) is 35.1 Å². The maximum Gasteiger partial charge on any atom is 0.393 e. The molecule has 1 fully saturated rings. The number of halogens is 4. The van der Waals surface area contributed by atoms with Crippen LogP contribution in [0.25, 0.3) is 0 Å². The van der Waals surface area contributed by atoms with Gasteiger partial charge in [0.25, 0.3) is 0 Å². The zero-order valence-electron chi connectivity index (χ0n) is 20.4. The summed E-state index contributed by atoms with van der Waals surface area (Å²) in [5.41, 5.74) is 6.27. The molecule has 38 heavy (non-hydrogen) atoms. The van der Waals surface area contributed by atoms with Gasteiger partial charge in [-0.3, -0.25) is 18.9 Å². The van der Waals surface area contributed by atoms with E-state index in [1.54, 1.807) is 29.2 Å². The van der Waals surface area contributed by atoms with Crippen molar-refractivity contribution in [1.29, 1.82) is 0 Å². The number of anilines is 1. The molecule has 15 heteroatoms. The van der Waals surface area contributed by atoms with Crippen molar-refractivity contribution >= 4 is 64.0 Å². The van der Waals surface area contributed by atoms with Crippen molar-refractivity contribution in [3.05, 3.63) is 39.8 Å². The van der Waals surface area contributed by atoms with Gasteiger partial charge < -0.3 is 15.5 Å². The molecule has 2 N–H and O–H groups in total. The highest BCUT2D eigenvalue weighted by molar-refractivity contribution is 8.04. The molecule has 1 aromatic carbocycles. The Kier molecular flexibility index (Phi) is 8.72. The zero-order chi connectivity index (χ0) is 27.6. The van der Waals surface area contributed by atoms with Gasteiger partial charge in [-0.2, -0.15) is 13.2 Å². The summed E-state index contributed by atoms with van der Waals surface area (Å²) in [7, 11) is -1.50. The molecule has 0 radical (unpaired) electrons. The lowest BCUT2D eigenvalue weighted by Gasteiger charge is -2.39. The molecule has 0 aromatic heterocycles. The summed E-state index contributed by atoms with van der Waals surface area (Å²) in [6.45, 7) is 1.60. The number of nitrogens with zero attached hydrogens (tertiary/aromatic N) is 5. The molecule has 3 unspecified atom stereocenters. The second kappa shape index (κ2) is 11.7. The molecule has 0 aliphatic carbocycles. The lowest BCUT2D eigenvalue weighted by atomic mass is 10.0. The van der Waals surface area contributed by atoms with Crippen molar-refractivity contribution in [2.24, 2.45) is 21.6 Å². The van der Waals surface area contributed by atoms with Gasteiger partial charge >= 0.3 is 6.18 Å². The fourth-order valence-electron chi connectivity index (χ4n) is 4.48. The molecule has 0 bridgehead atoms. The van der Waals surface area contributed by atoms with Gasteiger partial charge in [-0.25, -0.2) is 9.20 Å². The topological polar surface area (TPSA) is 112 Å². The number of hydrogen-bond acceptors (Lipinski definition) is 7. The third kappa shape index (κ3) is 6.89. The number of amides is 2. The van der Waals surface area contributed by atoms with Gasteiger partial charge in [0.15, 0.2) is 0 Å². The Bertz CT molecular complexity index is 1220. The average Bonchev–Trinajstić information content (AvgIpc) is 3.24. The lowest BCUT2D eigenvalue weighted by Crippen LogP contribution is -2.53. The number of nitrogens with two attached hydrogens (primary N) is 1. The standard InChI is InChI=1S/C23H26ClF3N6O3S2/c1-38(36)33(12-19(28)34)15-3-2-14(18(24)9-15)8-20(35)31-4-6-32(7-5-31)21-17-10-16(11-23(25,26)27)37-22(17)30-13-29-21/h2-3,9-10,13,17,22H,4-8,11-12H2,1H3,(H2,28,34). The van der Waals surface area contributed by atoms with Crippen LogP contribution in [0.2, 0.25) is 5.02 Å². The van der Waals surface area contributed by atoms with Crippen molar-refractivity contribution < 1.29 is 27.0 Å². The molecule has 3 aliphatic rings. The number of allylic oxidation sites excluding steroid dienone is 1. The van der Waals surface area contributed by atoms with Crippen molar-refractivity contribution in [1.82, 2.24) is 9.80 Å². The van der Waals surface area contributed by atoms with E-state index in [4.69, 9.17) is 17.3 Å². The first-order valence-corrected chi connectivity index (χ1v) is 14.4. The molecule has 1 aromatic rings. The molecule has 4 rings (SSSR count). The number of aliphatic imine (C=N–C) groups is 2. The predicted molar refractivity (Wildman–Crippen MR) is 143 cm³/mol. The number of hydrogen-bond donors (Lipinski definition) is 1. The van der Waals surface area contributed by atoms with Crippen LogP contribution >= 0.6 is 23.4 Å². The van der Waals surface area contributed by atoms with Crippen LogP contribution in [-0.4, -0.2) is 88.5 Å². The number of alkyl halides is 3. The first-order chi connectivity index (χ1) is 17.9. The van der Waals surface area contributed by atoms with E-state index < -0.39 is 29.5 Å². The second-order valence-corrected chi connectivity index (χ2v) is 11.9. The van der Waals surface area contributed by atoms with E-state index in [0.717, 1.165) is 11.8 Å². The van der Waals surface area contributed by atoms with E-state index in [9.17, 15) is 27.0 Å². The summed E-state index contributed by atoms with van der Waals surface area (Å²) >= 11 is 7.52. The summed E-state index contributed by atoms with van der Waals surface area (Å²) in [5.74, 6) is -0.412. The Morgan fingerprint density at radius 1 is 1.26 bits per heavy atom. The maximum absolute atomic E-state index is 13.0. The number of thioether (sulfide) groups is 1. The minimum absolute atomic E-state index is 0.0582. The Balaban J connectivity index is 1.35. The highest BCUT2D eigenvalue weighted by Crippen LogP contribution is 2.44. The molecular formula is C23H26ClF3N6O3S2. The highest BCUT2D eigenvalue weighted by atomic mass is 35.5. The molecule has 206 valence electrons. The average molecular weight is 591 g/mol. The number of rotatable bonds is 7. The first kappa shape index (κ1) is 28.4. The fraction of sp³-hybridized carbons (Fsp3) is 0.478. The van der Waals surface area contributed by atoms with E-state index in [1.807, 2.05) is 4.90 Å². The van der Waals surface area contributed by atoms with Gasteiger partial charge in [-0.1, -0.05) is 23.7 Å². The quantitative estimate of drug-likeness (QED) is 0.525. The highest BCUT2D eigenvalue weighted by Gasteiger charge is 2.40. The molecule has 3 aliphatic heterocycles. The first-order valence-electron chi connectivity index (χ1n) is 11.7. The lowest BCUT2D eigenvalue weighted by molar-refractivity contribution is -0.131. The minimum atomic E-state index is -4.28. The Morgan fingerprint density at radius 3 is 2.58 bits per heavy atom. The Hall–Kier alpha value is -2.58. The van der Waals surface area contributed by atoms with E-state index in [1.165, 1.54) is 16.9 Å². The van der Waals surface area contributed by atoms with E-state index >= 15 is 0 Å². The number of fused-ring (bicyclic) bond motifs is 1. The van der Waals surface area contributed by atoms with E-state index in [0.29, 0.717) is 48.3 Å². The van der Waals surface area contributed by atoms with Crippen LogP contribution in [0.4, 0.5) is 18.9 Å². The van der Waals surface area contributed by atoms with Crippen molar-refractivity contribution in [2.75, 3.05) is 43.3 Å². The zero-order valence-corrected chi connectivity index (χ0v) is 22.7. The van der Waals surface area contributed by atoms with Gasteiger partial charge in [0, 0.05) is 37.5 Å². The molecule has 1 saturated heterocycles. The summed E-state index contributed by atoms with van der Waals surface area (Å²) in [6.07, 6.45) is -0.763. The van der Waals surface area contributed by atoms with Gasteiger partial charge in [-0.05, 0) is 22.6 Å². The van der Waals surface area contributed by atoms with Crippen LogP contribution in [-0.2, 0) is 27.0 Å². The van der Waals surface area contributed by atoms with Gasteiger partial charge in [-0.15, -0.1) is 11.8 Å². The molecule has 3 heterocycles. The van der Waals surface area contributed by atoms with Crippen LogP contribution in [0.1, 0.15) is 12.0 Å². The SMILES string of the molecule is CS(=O)N(CC(N)=O)c1ccc(CC(=O)N2CCN(C3=NC=NC4SC(CC(F)(F)F)=CC34)CC2)c(Cl)c1. The van der Waals surface area contributed by atoms with Crippen LogP contribution in [0.3, 0.4) is 0 Å². The van der Waals surface area contributed by atoms with Crippen molar-refractivity contribution in [2.45, 2.75) is 24.4 Å². The molecule has 3 atom stereocenters. The number of benzene rings is 1. The normalized spacial score (nSPS) is 22.0. The summed E-state index contributed by atoms with van der Waals surface area (Å²) < 4.78 is 51.9. The van der Waals surface area contributed by atoms with Crippen LogP contribution < -0.4 is 10.0 Å².